The molecule has 206 valence electrons. The number of hydrogen-bond donors (Lipinski definition) is 2. The number of nitrogens with zero attached hydrogens (tertiary/aromatic N) is 3. The number of amides is 3. The lowest BCUT2D eigenvalue weighted by Crippen LogP contribution is -2.58. The number of carboxylic acids is 1. The van der Waals surface area contributed by atoms with Crippen LogP contribution in [0.5, 0.6) is 5.75 Å². The highest BCUT2D eigenvalue weighted by Gasteiger charge is 2.39. The Morgan fingerprint density at radius 3 is 2.50 bits per heavy atom. The van der Waals surface area contributed by atoms with Gasteiger partial charge in [-0.1, -0.05) is 26.0 Å². The minimum Gasteiger partial charge on any atom is -0.495 e. The second-order valence-corrected chi connectivity index (χ2v) is 9.73. The van der Waals surface area contributed by atoms with E-state index in [0.717, 1.165) is 0 Å². The number of benzene rings is 1. The summed E-state index contributed by atoms with van der Waals surface area (Å²) in [5.74, 6) is -2.92. The summed E-state index contributed by atoms with van der Waals surface area (Å²) in [4.78, 5) is 58.7. The van der Waals surface area contributed by atoms with Crippen LogP contribution in [0.3, 0.4) is 0 Å². The molecule has 11 nitrogen and oxygen atoms in total. The Bertz CT molecular complexity index is 1200. The molecule has 0 bridgehead atoms. The quantitative estimate of drug-likeness (QED) is 0.477. The Hall–Kier alpha value is -3.89. The smallest absolute Gasteiger partial charge is 0.409 e. The molecule has 1 saturated heterocycles. The molecule has 0 aliphatic carbocycles. The number of rotatable bonds is 10. The Kier molecular flexibility index (Phi) is 9.49. The third kappa shape index (κ3) is 6.32. The van der Waals surface area contributed by atoms with Gasteiger partial charge in [0.25, 0.3) is 5.91 Å². The largest absolute Gasteiger partial charge is 0.495 e. The van der Waals surface area contributed by atoms with Gasteiger partial charge in [0, 0.05) is 37.5 Å². The Balaban J connectivity index is 2.10. The second-order valence-electron chi connectivity index (χ2n) is 9.73. The third-order valence-electron chi connectivity index (χ3n) is 6.63. The maximum Gasteiger partial charge on any atom is 0.409 e. The second kappa shape index (κ2) is 12.6. The fourth-order valence-corrected chi connectivity index (χ4v) is 5.02. The van der Waals surface area contributed by atoms with Crippen LogP contribution in [-0.4, -0.2) is 83.2 Å². The monoisotopic (exact) mass is 528 g/mol. The van der Waals surface area contributed by atoms with Crippen LogP contribution < -0.4 is 10.5 Å². The lowest BCUT2D eigenvalue weighted by Gasteiger charge is -2.43. The normalized spacial score (nSPS) is 16.4. The summed E-state index contributed by atoms with van der Waals surface area (Å²) in [5, 5.41) is 10.0. The molecule has 1 fully saturated rings. The number of aromatic nitrogens is 1. The number of ether oxygens (including phenoxy) is 2. The summed E-state index contributed by atoms with van der Waals surface area (Å²) in [5.41, 5.74) is 6.31. The molecule has 2 heterocycles. The SMILES string of the molecule is CCOC(=O)N1CCN(C(=O)C(CCC(=O)O)c2nc3ccccc3c(OC)c2C(N)=O)C(CC(C)C)C1. The van der Waals surface area contributed by atoms with E-state index in [0.29, 0.717) is 17.3 Å². The molecule has 0 radical (unpaired) electrons. The number of piperazine rings is 1. The fourth-order valence-electron chi connectivity index (χ4n) is 5.02. The number of hydrogen-bond acceptors (Lipinski definition) is 7. The first kappa shape index (κ1) is 28.7. The van der Waals surface area contributed by atoms with Crippen LogP contribution in [0, 0.1) is 5.92 Å². The molecule has 11 heteroatoms. The molecule has 3 amide bonds. The Morgan fingerprint density at radius 2 is 1.89 bits per heavy atom. The molecular weight excluding hydrogens is 492 g/mol. The average molecular weight is 529 g/mol. The van der Waals surface area contributed by atoms with E-state index in [1.807, 2.05) is 13.8 Å². The van der Waals surface area contributed by atoms with Crippen molar-refractivity contribution in [2.24, 2.45) is 11.7 Å². The van der Waals surface area contributed by atoms with E-state index in [1.54, 1.807) is 41.0 Å². The molecule has 0 spiro atoms. The first-order valence-corrected chi connectivity index (χ1v) is 12.8. The van der Waals surface area contributed by atoms with E-state index in [9.17, 15) is 24.3 Å². The highest BCUT2D eigenvalue weighted by molar-refractivity contribution is 6.04. The van der Waals surface area contributed by atoms with Crippen molar-refractivity contribution in [2.45, 2.75) is 52.0 Å². The van der Waals surface area contributed by atoms with Gasteiger partial charge in [-0.3, -0.25) is 19.4 Å². The van der Waals surface area contributed by atoms with Crippen LogP contribution in [0.4, 0.5) is 4.79 Å². The predicted molar refractivity (Wildman–Crippen MR) is 140 cm³/mol. The van der Waals surface area contributed by atoms with Crippen LogP contribution >= 0.6 is 0 Å². The minimum atomic E-state index is -1.08. The number of carboxylic acid groups (broad SMARTS) is 1. The van der Waals surface area contributed by atoms with Gasteiger partial charge in [-0.05, 0) is 37.8 Å². The van der Waals surface area contributed by atoms with Crippen LogP contribution in [0.1, 0.15) is 62.0 Å². The van der Waals surface area contributed by atoms with Crippen molar-refractivity contribution in [2.75, 3.05) is 33.4 Å². The van der Waals surface area contributed by atoms with Gasteiger partial charge in [-0.15, -0.1) is 0 Å². The number of para-hydroxylation sites is 1. The van der Waals surface area contributed by atoms with Crippen molar-refractivity contribution in [3.05, 3.63) is 35.5 Å². The van der Waals surface area contributed by atoms with Crippen molar-refractivity contribution < 1.29 is 33.8 Å². The molecule has 3 N–H and O–H groups in total. The van der Waals surface area contributed by atoms with Gasteiger partial charge in [0.15, 0.2) is 0 Å². The summed E-state index contributed by atoms with van der Waals surface area (Å²) >= 11 is 0. The number of aliphatic carboxylic acids is 1. The molecule has 3 rings (SSSR count). The number of methoxy groups -OCH3 is 1. The summed E-state index contributed by atoms with van der Waals surface area (Å²) < 4.78 is 10.7. The number of carbonyl (C=O) groups excluding carboxylic acids is 3. The first-order valence-electron chi connectivity index (χ1n) is 12.8. The van der Waals surface area contributed by atoms with Gasteiger partial charge in [0.2, 0.25) is 5.91 Å². The summed E-state index contributed by atoms with van der Waals surface area (Å²) in [6, 6.07) is 6.67. The zero-order chi connectivity index (χ0) is 28.0. The molecule has 2 atom stereocenters. The average Bonchev–Trinajstić information content (AvgIpc) is 2.87. The first-order chi connectivity index (χ1) is 18.1. The highest BCUT2D eigenvalue weighted by atomic mass is 16.6. The van der Waals surface area contributed by atoms with Crippen molar-refractivity contribution in [1.29, 1.82) is 0 Å². The molecule has 1 aromatic carbocycles. The van der Waals surface area contributed by atoms with Crippen molar-refractivity contribution in [3.63, 3.8) is 0 Å². The molecular formula is C27H36N4O7. The van der Waals surface area contributed by atoms with Gasteiger partial charge >= 0.3 is 12.1 Å². The molecule has 1 aromatic heterocycles. The molecule has 2 unspecified atom stereocenters. The zero-order valence-corrected chi connectivity index (χ0v) is 22.3. The minimum absolute atomic E-state index is 0.0412. The lowest BCUT2D eigenvalue weighted by atomic mass is 9.90. The van der Waals surface area contributed by atoms with Crippen LogP contribution in [0.2, 0.25) is 0 Å². The number of carbonyl (C=O) groups is 4. The van der Waals surface area contributed by atoms with Crippen molar-refractivity contribution in [3.8, 4) is 5.75 Å². The van der Waals surface area contributed by atoms with Gasteiger partial charge < -0.3 is 30.1 Å². The number of pyridine rings is 1. The Labute approximate surface area is 221 Å². The molecule has 1 aliphatic rings. The third-order valence-corrected chi connectivity index (χ3v) is 6.63. The topological polar surface area (TPSA) is 152 Å². The molecule has 38 heavy (non-hydrogen) atoms. The van der Waals surface area contributed by atoms with Gasteiger partial charge in [0.1, 0.15) is 11.3 Å². The standard InChI is InChI=1S/C27H36N4O7/c1-5-38-27(36)30-12-13-31(17(15-30)14-16(2)3)26(35)19(10-11-21(32)33)23-22(25(28)34)24(37-4)18-8-6-7-9-20(18)29-23/h6-9,16-17,19H,5,10-15H2,1-4H3,(H2,28,34)(H,32,33). The van der Waals surface area contributed by atoms with Crippen molar-refractivity contribution >= 4 is 34.8 Å². The maximum absolute atomic E-state index is 14.2. The Morgan fingerprint density at radius 1 is 1.18 bits per heavy atom. The van der Waals surface area contributed by atoms with Crippen LogP contribution in [0.15, 0.2) is 24.3 Å². The van der Waals surface area contributed by atoms with E-state index < -0.39 is 23.9 Å². The molecule has 2 aromatic rings. The van der Waals surface area contributed by atoms with Crippen LogP contribution in [0.25, 0.3) is 10.9 Å². The fraction of sp³-hybridized carbons (Fsp3) is 0.519. The zero-order valence-electron chi connectivity index (χ0n) is 22.3. The van der Waals surface area contributed by atoms with Gasteiger partial charge in [0.05, 0.1) is 30.8 Å². The lowest BCUT2D eigenvalue weighted by molar-refractivity contribution is -0.139. The summed E-state index contributed by atoms with van der Waals surface area (Å²) in [6.45, 7) is 6.80. The molecule has 1 aliphatic heterocycles. The van der Waals surface area contributed by atoms with Crippen LogP contribution in [-0.2, 0) is 14.3 Å². The number of primary amides is 1. The summed E-state index contributed by atoms with van der Waals surface area (Å²) in [7, 11) is 1.40. The van der Waals surface area contributed by atoms with Gasteiger partial charge in [-0.2, -0.15) is 0 Å². The van der Waals surface area contributed by atoms with E-state index in [2.05, 4.69) is 4.98 Å². The van der Waals surface area contributed by atoms with Crippen molar-refractivity contribution in [1.82, 2.24) is 14.8 Å². The van der Waals surface area contributed by atoms with E-state index in [-0.39, 0.29) is 74.0 Å². The maximum atomic E-state index is 14.2. The highest BCUT2D eigenvalue weighted by Crippen LogP contribution is 2.37. The number of nitrogens with two attached hydrogens (primary N) is 1. The van der Waals surface area contributed by atoms with Gasteiger partial charge in [-0.25, -0.2) is 4.79 Å². The van der Waals surface area contributed by atoms with E-state index >= 15 is 0 Å². The summed E-state index contributed by atoms with van der Waals surface area (Å²) in [6.07, 6.45) is -0.226. The van der Waals surface area contributed by atoms with E-state index in [4.69, 9.17) is 15.2 Å². The van der Waals surface area contributed by atoms with E-state index in [1.165, 1.54) is 7.11 Å². The number of fused-ring (bicyclic) bond motifs is 1. The molecule has 0 saturated carbocycles. The predicted octanol–water partition coefficient (Wildman–Crippen LogP) is 3.01.